The van der Waals surface area contributed by atoms with Gasteiger partial charge in [-0.2, -0.15) is 0 Å². The number of aryl methyl sites for hydroxylation is 1. The highest BCUT2D eigenvalue weighted by Crippen LogP contribution is 2.16. The lowest BCUT2D eigenvalue weighted by Crippen LogP contribution is -2.27. The number of nitrogens with one attached hydrogen (secondary N) is 2. The van der Waals surface area contributed by atoms with E-state index in [1.165, 1.54) is 29.9 Å². The van der Waals surface area contributed by atoms with Crippen molar-refractivity contribution in [1.82, 2.24) is 24.8 Å². The van der Waals surface area contributed by atoms with Gasteiger partial charge in [0, 0.05) is 42.9 Å². The minimum absolute atomic E-state index is 0.0690. The van der Waals surface area contributed by atoms with E-state index in [0.717, 1.165) is 42.3 Å². The molecule has 3 aromatic rings. The summed E-state index contributed by atoms with van der Waals surface area (Å²) in [5.41, 5.74) is 0.305. The number of carbonyl (C=O) groups excluding carboxylic acids is 1. The molecular formula is C21H25N5O3S2. The Labute approximate surface area is 185 Å². The molecule has 0 bridgehead atoms. The number of rotatable bonds is 8. The van der Waals surface area contributed by atoms with Crippen molar-refractivity contribution in [3.8, 4) is 0 Å². The van der Waals surface area contributed by atoms with Crippen molar-refractivity contribution in [3.63, 3.8) is 0 Å². The maximum atomic E-state index is 12.6. The second-order valence-corrected chi connectivity index (χ2v) is 10.2. The highest BCUT2D eigenvalue weighted by Gasteiger charge is 2.17. The number of sulfonamides is 1. The zero-order valence-corrected chi connectivity index (χ0v) is 18.7. The summed E-state index contributed by atoms with van der Waals surface area (Å²) in [6, 6.07) is 9.80. The van der Waals surface area contributed by atoms with Crippen LogP contribution in [-0.4, -0.2) is 35.6 Å². The molecule has 0 unspecified atom stereocenters. The number of hydrogen-bond acceptors (Lipinski definition) is 6. The van der Waals surface area contributed by atoms with E-state index in [2.05, 4.69) is 24.8 Å². The summed E-state index contributed by atoms with van der Waals surface area (Å²) in [5.74, 6) is 1.59. The summed E-state index contributed by atoms with van der Waals surface area (Å²) in [5, 5.41) is 13.3. The number of fused-ring (bicyclic) bond motifs is 1. The van der Waals surface area contributed by atoms with Crippen LogP contribution in [0.4, 0.5) is 0 Å². The highest BCUT2D eigenvalue weighted by atomic mass is 32.2. The van der Waals surface area contributed by atoms with Gasteiger partial charge in [0.1, 0.15) is 11.6 Å². The van der Waals surface area contributed by atoms with Crippen molar-refractivity contribution in [2.75, 3.05) is 6.54 Å². The predicted octanol–water partition coefficient (Wildman–Crippen LogP) is 2.52. The van der Waals surface area contributed by atoms with E-state index in [-0.39, 0.29) is 17.3 Å². The fourth-order valence-corrected chi connectivity index (χ4v) is 5.38. The molecule has 1 amide bonds. The molecule has 4 rings (SSSR count). The summed E-state index contributed by atoms with van der Waals surface area (Å²) in [7, 11) is -3.71. The number of benzene rings is 1. The summed E-state index contributed by atoms with van der Waals surface area (Å²) >= 11 is 1.48. The maximum Gasteiger partial charge on any atom is 0.251 e. The first kappa shape index (κ1) is 21.7. The van der Waals surface area contributed by atoms with E-state index in [1.54, 1.807) is 12.1 Å². The van der Waals surface area contributed by atoms with E-state index < -0.39 is 10.0 Å². The van der Waals surface area contributed by atoms with Crippen LogP contribution in [0.1, 0.15) is 46.1 Å². The van der Waals surface area contributed by atoms with E-state index in [0.29, 0.717) is 18.5 Å². The smallest absolute Gasteiger partial charge is 0.251 e. The van der Waals surface area contributed by atoms with Crippen molar-refractivity contribution in [3.05, 3.63) is 63.9 Å². The van der Waals surface area contributed by atoms with Crippen LogP contribution in [0.2, 0.25) is 0 Å². The lowest BCUT2D eigenvalue weighted by molar-refractivity contribution is 0.0953. The molecule has 3 heterocycles. The molecular weight excluding hydrogens is 434 g/mol. The summed E-state index contributed by atoms with van der Waals surface area (Å²) in [6.45, 7) is 1.55. The molecule has 0 fully saturated rings. The Balaban J connectivity index is 1.35. The zero-order chi connectivity index (χ0) is 21.7. The van der Waals surface area contributed by atoms with E-state index >= 15 is 0 Å². The van der Waals surface area contributed by atoms with Crippen molar-refractivity contribution in [2.45, 2.75) is 50.1 Å². The van der Waals surface area contributed by atoms with Crippen molar-refractivity contribution in [1.29, 1.82) is 0 Å². The zero-order valence-electron chi connectivity index (χ0n) is 17.1. The average molecular weight is 460 g/mol. The molecule has 0 radical (unpaired) electrons. The van der Waals surface area contributed by atoms with Crippen LogP contribution in [-0.2, 0) is 36.0 Å². The van der Waals surface area contributed by atoms with Gasteiger partial charge < -0.3 is 9.88 Å². The maximum absolute atomic E-state index is 12.6. The second-order valence-electron chi connectivity index (χ2n) is 7.43. The van der Waals surface area contributed by atoms with Gasteiger partial charge in [-0.1, -0.05) is 18.6 Å². The monoisotopic (exact) mass is 459 g/mol. The van der Waals surface area contributed by atoms with E-state index in [4.69, 9.17) is 0 Å². The first-order valence-electron chi connectivity index (χ1n) is 10.3. The lowest BCUT2D eigenvalue weighted by atomic mass is 10.2. The molecule has 31 heavy (non-hydrogen) atoms. The molecule has 0 spiro atoms. The van der Waals surface area contributed by atoms with Crippen LogP contribution >= 0.6 is 11.3 Å². The Hall–Kier alpha value is -2.56. The quantitative estimate of drug-likeness (QED) is 0.538. The molecule has 1 aliphatic rings. The van der Waals surface area contributed by atoms with Gasteiger partial charge in [0.05, 0.1) is 4.90 Å². The number of aromatic nitrogens is 3. The van der Waals surface area contributed by atoms with Crippen molar-refractivity contribution in [2.24, 2.45) is 0 Å². The fraction of sp³-hybridized carbons (Fsp3) is 0.381. The molecule has 8 nitrogen and oxygen atoms in total. The molecule has 0 saturated heterocycles. The minimum atomic E-state index is -3.71. The Bertz CT molecular complexity index is 1140. The number of nitrogens with zero attached hydrogens (tertiary/aromatic N) is 3. The highest BCUT2D eigenvalue weighted by molar-refractivity contribution is 7.89. The molecule has 2 N–H and O–H groups in total. The Morgan fingerprint density at radius 3 is 2.87 bits per heavy atom. The molecule has 1 aliphatic heterocycles. The van der Waals surface area contributed by atoms with Gasteiger partial charge in [0.2, 0.25) is 10.0 Å². The van der Waals surface area contributed by atoms with Gasteiger partial charge in [0.25, 0.3) is 5.91 Å². The van der Waals surface area contributed by atoms with Crippen LogP contribution in [0.3, 0.4) is 0 Å². The number of thiophene rings is 1. The van der Waals surface area contributed by atoms with Gasteiger partial charge in [-0.05, 0) is 42.5 Å². The van der Waals surface area contributed by atoms with Crippen LogP contribution in [0.25, 0.3) is 0 Å². The third-order valence-corrected chi connectivity index (χ3v) is 7.52. The van der Waals surface area contributed by atoms with Gasteiger partial charge in [-0.25, -0.2) is 13.1 Å². The Morgan fingerprint density at radius 1 is 1.13 bits per heavy atom. The molecule has 164 valence electrons. The summed E-state index contributed by atoms with van der Waals surface area (Å²) < 4.78 is 29.9. The number of amides is 1. The molecule has 0 saturated carbocycles. The molecule has 1 aromatic carbocycles. The van der Waals surface area contributed by atoms with Crippen molar-refractivity contribution < 1.29 is 13.2 Å². The number of carbonyl (C=O) groups is 1. The average Bonchev–Trinajstić information content (AvgIpc) is 3.37. The molecule has 2 aromatic heterocycles. The van der Waals surface area contributed by atoms with Crippen LogP contribution in [0, 0.1) is 0 Å². The second kappa shape index (κ2) is 9.71. The summed E-state index contributed by atoms with van der Waals surface area (Å²) in [4.78, 5) is 13.6. The van der Waals surface area contributed by atoms with Gasteiger partial charge in [-0.3, -0.25) is 4.79 Å². The first-order valence-corrected chi connectivity index (χ1v) is 12.7. The minimum Gasteiger partial charge on any atom is -0.352 e. The topological polar surface area (TPSA) is 106 Å². The Kier molecular flexibility index (Phi) is 6.79. The van der Waals surface area contributed by atoms with Gasteiger partial charge in [0.15, 0.2) is 0 Å². The van der Waals surface area contributed by atoms with Crippen LogP contribution in [0.5, 0.6) is 0 Å². The molecule has 10 heteroatoms. The van der Waals surface area contributed by atoms with Crippen LogP contribution in [0.15, 0.2) is 46.7 Å². The van der Waals surface area contributed by atoms with Crippen LogP contribution < -0.4 is 10.0 Å². The Morgan fingerprint density at radius 2 is 2.03 bits per heavy atom. The normalized spacial score (nSPS) is 14.1. The first-order chi connectivity index (χ1) is 15.0. The molecule has 0 atom stereocenters. The number of hydrogen-bond donors (Lipinski definition) is 2. The van der Waals surface area contributed by atoms with Crippen molar-refractivity contribution >= 4 is 27.3 Å². The van der Waals surface area contributed by atoms with E-state index in [1.807, 2.05) is 17.5 Å². The lowest BCUT2D eigenvalue weighted by Gasteiger charge is -2.09. The van der Waals surface area contributed by atoms with E-state index in [9.17, 15) is 13.2 Å². The standard InChI is InChI=1S/C21H25N5O3S2/c27-21(22-11-10-20-25-24-19-9-2-1-3-12-26(19)20)16-6-4-8-18(14-16)31(28,29)23-15-17-7-5-13-30-17/h4-8,13-14,23H,1-3,9-12,15H2,(H,22,27). The SMILES string of the molecule is O=C(NCCc1nnc2n1CCCCC2)c1cccc(S(=O)(=O)NCc2cccs2)c1. The third-order valence-electron chi connectivity index (χ3n) is 5.24. The van der Waals surface area contributed by atoms with Gasteiger partial charge in [-0.15, -0.1) is 21.5 Å². The molecule has 0 aliphatic carbocycles. The fourth-order valence-electron chi connectivity index (χ4n) is 3.59. The largest absolute Gasteiger partial charge is 0.352 e. The third kappa shape index (κ3) is 5.38. The summed E-state index contributed by atoms with van der Waals surface area (Å²) in [6.07, 6.45) is 4.98. The van der Waals surface area contributed by atoms with Gasteiger partial charge >= 0.3 is 0 Å². The predicted molar refractivity (Wildman–Crippen MR) is 118 cm³/mol.